The van der Waals surface area contributed by atoms with Gasteiger partial charge < -0.3 is 5.32 Å². The fourth-order valence-corrected chi connectivity index (χ4v) is 1.65. The maximum Gasteiger partial charge on any atom is 0.258 e. The fraction of sp³-hybridized carbons (Fsp3) is 0. The van der Waals surface area contributed by atoms with Crippen molar-refractivity contribution in [1.29, 1.82) is 0 Å². The zero-order chi connectivity index (χ0) is 14.0. The number of rotatable bonds is 2. The Morgan fingerprint density at radius 2 is 1.68 bits per heavy atom. The first kappa shape index (κ1) is 13.4. The minimum atomic E-state index is -1.52. The lowest BCUT2D eigenvalue weighted by molar-refractivity contribution is 0.102. The van der Waals surface area contributed by atoms with E-state index in [4.69, 9.17) is 11.6 Å². The zero-order valence-corrected chi connectivity index (χ0v) is 10.1. The van der Waals surface area contributed by atoms with Crippen molar-refractivity contribution in [1.82, 2.24) is 0 Å². The molecule has 19 heavy (non-hydrogen) atoms. The third-order valence-corrected chi connectivity index (χ3v) is 2.71. The lowest BCUT2D eigenvalue weighted by Crippen LogP contribution is -2.15. The van der Waals surface area contributed by atoms with E-state index in [1.807, 2.05) is 0 Å². The van der Waals surface area contributed by atoms with Crippen LogP contribution in [-0.4, -0.2) is 5.91 Å². The van der Waals surface area contributed by atoms with E-state index in [0.29, 0.717) is 11.8 Å². The van der Waals surface area contributed by atoms with Gasteiger partial charge in [0.15, 0.2) is 17.5 Å². The summed E-state index contributed by atoms with van der Waals surface area (Å²) < 4.78 is 39.7. The number of halogens is 4. The highest BCUT2D eigenvalue weighted by atomic mass is 35.5. The second kappa shape index (κ2) is 5.32. The zero-order valence-electron chi connectivity index (χ0n) is 9.38. The van der Waals surface area contributed by atoms with E-state index in [1.165, 1.54) is 0 Å². The summed E-state index contributed by atoms with van der Waals surface area (Å²) in [7, 11) is 0. The Bertz CT molecular complexity index is 632. The molecule has 2 nitrogen and oxygen atoms in total. The number of hydrogen-bond donors (Lipinski definition) is 1. The number of para-hydroxylation sites is 1. The highest BCUT2D eigenvalue weighted by Crippen LogP contribution is 2.25. The van der Waals surface area contributed by atoms with Crippen LogP contribution in [0.5, 0.6) is 0 Å². The van der Waals surface area contributed by atoms with Crippen LogP contribution in [0.15, 0.2) is 36.4 Å². The smallest absolute Gasteiger partial charge is 0.258 e. The third kappa shape index (κ3) is 2.71. The quantitative estimate of drug-likeness (QED) is 0.655. The van der Waals surface area contributed by atoms with Crippen molar-refractivity contribution in [2.45, 2.75) is 0 Å². The molecular formula is C13H7ClF3NO. The van der Waals surface area contributed by atoms with Crippen LogP contribution in [0, 0.1) is 17.5 Å². The van der Waals surface area contributed by atoms with E-state index in [9.17, 15) is 18.0 Å². The molecule has 0 radical (unpaired) electrons. The van der Waals surface area contributed by atoms with Crippen molar-refractivity contribution in [3.05, 3.63) is 64.4 Å². The van der Waals surface area contributed by atoms with Crippen LogP contribution in [-0.2, 0) is 0 Å². The molecule has 0 atom stereocenters. The Morgan fingerprint density at radius 1 is 1.05 bits per heavy atom. The molecule has 2 aromatic rings. The summed E-state index contributed by atoms with van der Waals surface area (Å²) in [5, 5.41) is 1.30. The first-order chi connectivity index (χ1) is 9.00. The number of nitrogens with one attached hydrogen (secondary N) is 1. The highest BCUT2D eigenvalue weighted by molar-refractivity contribution is 6.31. The Labute approximate surface area is 111 Å². The molecule has 98 valence electrons. The van der Waals surface area contributed by atoms with Gasteiger partial charge in [-0.2, -0.15) is 0 Å². The number of amides is 1. The monoisotopic (exact) mass is 285 g/mol. The first-order valence-electron chi connectivity index (χ1n) is 5.20. The predicted molar refractivity (Wildman–Crippen MR) is 65.7 cm³/mol. The van der Waals surface area contributed by atoms with Crippen molar-refractivity contribution in [3.8, 4) is 0 Å². The van der Waals surface area contributed by atoms with E-state index >= 15 is 0 Å². The molecule has 0 spiro atoms. The van der Waals surface area contributed by atoms with E-state index in [1.54, 1.807) is 30.3 Å². The molecule has 0 saturated carbocycles. The van der Waals surface area contributed by atoms with Gasteiger partial charge in [0.2, 0.25) is 0 Å². The summed E-state index contributed by atoms with van der Waals surface area (Å²) in [5.41, 5.74) is -0.263. The van der Waals surface area contributed by atoms with Crippen LogP contribution in [0.2, 0.25) is 5.02 Å². The average Bonchev–Trinajstić information content (AvgIpc) is 2.41. The van der Waals surface area contributed by atoms with Crippen molar-refractivity contribution in [2.75, 3.05) is 5.32 Å². The van der Waals surface area contributed by atoms with E-state index in [-0.39, 0.29) is 0 Å². The second-order valence-corrected chi connectivity index (χ2v) is 4.05. The summed E-state index contributed by atoms with van der Waals surface area (Å²) in [4.78, 5) is 11.8. The second-order valence-electron chi connectivity index (χ2n) is 3.67. The number of hydrogen-bond acceptors (Lipinski definition) is 1. The number of carbonyl (C=O) groups is 1. The molecule has 0 bridgehead atoms. The first-order valence-corrected chi connectivity index (χ1v) is 5.58. The Morgan fingerprint density at radius 3 is 2.32 bits per heavy atom. The van der Waals surface area contributed by atoms with Crippen LogP contribution in [0.25, 0.3) is 0 Å². The molecule has 0 aromatic heterocycles. The van der Waals surface area contributed by atoms with Crippen molar-refractivity contribution < 1.29 is 18.0 Å². The molecule has 0 saturated heterocycles. The molecular weight excluding hydrogens is 279 g/mol. The predicted octanol–water partition coefficient (Wildman–Crippen LogP) is 4.01. The summed E-state index contributed by atoms with van der Waals surface area (Å²) in [6.07, 6.45) is 0. The normalized spacial score (nSPS) is 10.3. The van der Waals surface area contributed by atoms with Gasteiger partial charge in [-0.1, -0.05) is 29.8 Å². The van der Waals surface area contributed by atoms with Crippen LogP contribution >= 0.6 is 11.6 Å². The van der Waals surface area contributed by atoms with Crippen molar-refractivity contribution in [2.24, 2.45) is 0 Å². The van der Waals surface area contributed by atoms with Gasteiger partial charge in [0, 0.05) is 5.69 Å². The number of benzene rings is 2. The third-order valence-electron chi connectivity index (χ3n) is 2.38. The summed E-state index contributed by atoms with van der Waals surface area (Å²) >= 11 is 5.27. The maximum absolute atomic E-state index is 13.6. The average molecular weight is 286 g/mol. The van der Waals surface area contributed by atoms with E-state index < -0.39 is 33.9 Å². The van der Waals surface area contributed by atoms with Gasteiger partial charge in [-0.05, 0) is 18.2 Å². The van der Waals surface area contributed by atoms with Crippen LogP contribution in [0.3, 0.4) is 0 Å². The Balaban J connectivity index is 2.35. The number of carbonyl (C=O) groups excluding carboxylic acids is 1. The molecule has 0 aliphatic carbocycles. The topological polar surface area (TPSA) is 29.1 Å². The van der Waals surface area contributed by atoms with Gasteiger partial charge in [-0.15, -0.1) is 0 Å². The van der Waals surface area contributed by atoms with Crippen molar-refractivity contribution >= 4 is 23.2 Å². The maximum atomic E-state index is 13.6. The van der Waals surface area contributed by atoms with Gasteiger partial charge in [0.1, 0.15) is 5.02 Å². The lowest BCUT2D eigenvalue weighted by atomic mass is 10.1. The molecule has 2 aromatic carbocycles. The van der Waals surface area contributed by atoms with Gasteiger partial charge in [-0.3, -0.25) is 4.79 Å². The van der Waals surface area contributed by atoms with Gasteiger partial charge in [0.25, 0.3) is 5.91 Å². The molecule has 0 fully saturated rings. The highest BCUT2D eigenvalue weighted by Gasteiger charge is 2.21. The van der Waals surface area contributed by atoms with Crippen LogP contribution < -0.4 is 5.32 Å². The number of anilines is 1. The molecule has 2 rings (SSSR count). The molecule has 0 aliphatic heterocycles. The molecule has 6 heteroatoms. The van der Waals surface area contributed by atoms with Crippen LogP contribution in [0.1, 0.15) is 10.4 Å². The molecule has 0 heterocycles. The standard InChI is InChI=1S/C13H7ClF3NO/c14-10-11(16)8(6-9(15)12(10)17)13(19)18-7-4-2-1-3-5-7/h1-6H,(H,18,19). The van der Waals surface area contributed by atoms with Crippen LogP contribution in [0.4, 0.5) is 18.9 Å². The summed E-state index contributed by atoms with van der Waals surface area (Å²) in [5.74, 6) is -5.11. The Hall–Kier alpha value is -2.01. The van der Waals surface area contributed by atoms with E-state index in [0.717, 1.165) is 0 Å². The van der Waals surface area contributed by atoms with Gasteiger partial charge in [0.05, 0.1) is 5.56 Å². The fourth-order valence-electron chi connectivity index (χ4n) is 1.46. The summed E-state index contributed by atoms with van der Waals surface area (Å²) in [6.45, 7) is 0. The molecule has 0 unspecified atom stereocenters. The largest absolute Gasteiger partial charge is 0.322 e. The minimum absolute atomic E-state index is 0.396. The molecule has 1 N–H and O–H groups in total. The molecule has 1 amide bonds. The van der Waals surface area contributed by atoms with Gasteiger partial charge in [-0.25, -0.2) is 13.2 Å². The lowest BCUT2D eigenvalue weighted by Gasteiger charge is -2.08. The van der Waals surface area contributed by atoms with E-state index in [2.05, 4.69) is 5.32 Å². The van der Waals surface area contributed by atoms with Crippen molar-refractivity contribution in [3.63, 3.8) is 0 Å². The molecule has 0 aliphatic rings. The van der Waals surface area contributed by atoms with Gasteiger partial charge >= 0.3 is 0 Å². The summed E-state index contributed by atoms with van der Waals surface area (Å²) in [6, 6.07) is 8.64. The Kier molecular flexibility index (Phi) is 3.76. The SMILES string of the molecule is O=C(Nc1ccccc1)c1cc(F)c(F)c(Cl)c1F. The minimum Gasteiger partial charge on any atom is -0.322 e.